The van der Waals surface area contributed by atoms with Crippen molar-refractivity contribution < 1.29 is 5.11 Å². The van der Waals surface area contributed by atoms with Crippen molar-refractivity contribution in [2.24, 2.45) is 10.8 Å². The first-order chi connectivity index (χ1) is 18.7. The summed E-state index contributed by atoms with van der Waals surface area (Å²) in [5, 5.41) is 14.7. The number of hydrazine groups is 1. The molecule has 204 valence electrons. The van der Waals surface area contributed by atoms with Gasteiger partial charge in [-0.3, -0.25) is 24.5 Å². The van der Waals surface area contributed by atoms with Crippen LogP contribution in [0.5, 0.6) is 0 Å². The second-order valence-corrected chi connectivity index (χ2v) is 10.7. The predicted octanol–water partition coefficient (Wildman–Crippen LogP) is 1.15. The lowest BCUT2D eigenvalue weighted by atomic mass is 9.98. The highest BCUT2D eigenvalue weighted by atomic mass is 16.3. The zero-order valence-corrected chi connectivity index (χ0v) is 22.4. The number of H-pyrrole nitrogens is 1. The standard InChI is InChI=1S/C27H34N10O2/c1-18-30-22(21-6-4-5-11-29-21)23-24(36(18)28)31-25-35(26(38)32-37(23)25)17-14-33-12-15-34(16-13-33)20-9-7-19(8-10-20)27(2,3)39/h4-11,18,39H,12-17,28H2,1-3H3,(H,32,38). The molecule has 1 unspecified atom stereocenters. The Morgan fingerprint density at radius 3 is 2.49 bits per heavy atom. The first kappa shape index (κ1) is 25.3. The molecule has 0 radical (unpaired) electrons. The number of aromatic amines is 1. The predicted molar refractivity (Wildman–Crippen MR) is 150 cm³/mol. The first-order valence-electron chi connectivity index (χ1n) is 13.3. The molecule has 1 aromatic carbocycles. The van der Waals surface area contributed by atoms with Gasteiger partial charge >= 0.3 is 5.69 Å². The zero-order chi connectivity index (χ0) is 27.3. The molecule has 1 atom stereocenters. The fraction of sp³-hybridized carbons (Fsp3) is 0.407. The van der Waals surface area contributed by atoms with Crippen LogP contribution < -0.4 is 21.4 Å². The average molecular weight is 531 g/mol. The number of imidazole rings is 1. The number of anilines is 2. The lowest BCUT2D eigenvalue weighted by molar-refractivity contribution is 0.0786. The smallest absolute Gasteiger partial charge is 0.343 e. The van der Waals surface area contributed by atoms with Crippen molar-refractivity contribution in [3.63, 3.8) is 0 Å². The number of aliphatic imine (C=N–C) groups is 1. The number of aromatic nitrogens is 5. The molecule has 1 saturated heterocycles. The van der Waals surface area contributed by atoms with Crippen LogP contribution in [0.1, 0.15) is 37.7 Å². The largest absolute Gasteiger partial charge is 0.386 e. The summed E-state index contributed by atoms with van der Waals surface area (Å²) in [5.41, 5.74) is 2.95. The summed E-state index contributed by atoms with van der Waals surface area (Å²) in [6.45, 7) is 10.3. The van der Waals surface area contributed by atoms with Gasteiger partial charge in [-0.25, -0.2) is 20.3 Å². The van der Waals surface area contributed by atoms with E-state index in [1.165, 1.54) is 5.01 Å². The normalized spacial score (nSPS) is 18.5. The number of rotatable bonds is 6. The molecule has 1 fully saturated rings. The Bertz CT molecular complexity index is 1550. The van der Waals surface area contributed by atoms with E-state index in [0.717, 1.165) is 44.0 Å². The number of nitrogens with zero attached hydrogens (tertiary/aromatic N) is 8. The summed E-state index contributed by atoms with van der Waals surface area (Å²) in [7, 11) is 0. The molecule has 3 aromatic heterocycles. The number of nitrogens with one attached hydrogen (secondary N) is 1. The molecular formula is C27H34N10O2. The van der Waals surface area contributed by atoms with Crippen LogP contribution in [0.4, 0.5) is 11.5 Å². The van der Waals surface area contributed by atoms with Crippen LogP contribution in [0, 0.1) is 0 Å². The van der Waals surface area contributed by atoms with Crippen LogP contribution in [0.2, 0.25) is 0 Å². The van der Waals surface area contributed by atoms with E-state index in [2.05, 4.69) is 32.0 Å². The van der Waals surface area contributed by atoms with E-state index in [-0.39, 0.29) is 11.9 Å². The monoisotopic (exact) mass is 530 g/mol. The van der Waals surface area contributed by atoms with Gasteiger partial charge in [0.25, 0.3) is 0 Å². The first-order valence-corrected chi connectivity index (χ1v) is 13.3. The summed E-state index contributed by atoms with van der Waals surface area (Å²) in [6.07, 6.45) is 1.39. The van der Waals surface area contributed by atoms with Gasteiger partial charge < -0.3 is 10.0 Å². The van der Waals surface area contributed by atoms with Crippen molar-refractivity contribution in [1.82, 2.24) is 29.0 Å². The van der Waals surface area contributed by atoms with Crippen LogP contribution in [-0.4, -0.2) is 78.8 Å². The number of pyridine rings is 1. The Morgan fingerprint density at radius 1 is 1.08 bits per heavy atom. The second-order valence-electron chi connectivity index (χ2n) is 10.7. The van der Waals surface area contributed by atoms with Crippen molar-refractivity contribution >= 4 is 23.0 Å². The minimum absolute atomic E-state index is 0.228. The molecule has 2 aliphatic rings. The fourth-order valence-electron chi connectivity index (χ4n) is 5.25. The Balaban J connectivity index is 1.17. The van der Waals surface area contributed by atoms with Gasteiger partial charge in [0.2, 0.25) is 5.78 Å². The molecule has 0 spiro atoms. The summed E-state index contributed by atoms with van der Waals surface area (Å²) in [4.78, 5) is 31.7. The molecular weight excluding hydrogens is 496 g/mol. The summed E-state index contributed by atoms with van der Waals surface area (Å²) >= 11 is 0. The van der Waals surface area contributed by atoms with Gasteiger partial charge in [-0.2, -0.15) is 4.98 Å². The highest BCUT2D eigenvalue weighted by Crippen LogP contribution is 2.28. The SMILES string of the molecule is CC1N=C(c2ccccn2)c2c(nc3n(CCN4CCN(c5ccc(C(C)(C)O)cc5)CC4)c(=O)[nH]n23)N1N. The number of hydrogen-bond donors (Lipinski definition) is 3. The molecule has 0 saturated carbocycles. The quantitative estimate of drug-likeness (QED) is 0.316. The molecule has 2 aliphatic heterocycles. The molecule has 4 aromatic rings. The minimum Gasteiger partial charge on any atom is -0.386 e. The maximum Gasteiger partial charge on any atom is 0.343 e. The van der Waals surface area contributed by atoms with E-state index in [4.69, 9.17) is 15.8 Å². The van der Waals surface area contributed by atoms with Crippen LogP contribution in [0.15, 0.2) is 58.4 Å². The van der Waals surface area contributed by atoms with Gasteiger partial charge in [-0.05, 0) is 50.6 Å². The van der Waals surface area contributed by atoms with Gasteiger partial charge in [0.05, 0.1) is 11.3 Å². The topological polar surface area (TPSA) is 136 Å². The van der Waals surface area contributed by atoms with Crippen LogP contribution in [0.25, 0.3) is 5.78 Å². The molecule has 6 rings (SSSR count). The van der Waals surface area contributed by atoms with Crippen molar-refractivity contribution in [2.45, 2.75) is 39.1 Å². The van der Waals surface area contributed by atoms with E-state index in [0.29, 0.717) is 35.2 Å². The number of fused-ring (bicyclic) bond motifs is 3. The lowest BCUT2D eigenvalue weighted by Crippen LogP contribution is -2.47. The van der Waals surface area contributed by atoms with E-state index < -0.39 is 5.60 Å². The van der Waals surface area contributed by atoms with Crippen molar-refractivity contribution in [2.75, 3.05) is 42.6 Å². The molecule has 12 heteroatoms. The molecule has 0 aliphatic carbocycles. The van der Waals surface area contributed by atoms with Gasteiger partial charge in [0, 0.05) is 51.2 Å². The van der Waals surface area contributed by atoms with Gasteiger partial charge in [0.15, 0.2) is 5.82 Å². The maximum atomic E-state index is 13.0. The fourth-order valence-corrected chi connectivity index (χ4v) is 5.25. The number of benzene rings is 1. The summed E-state index contributed by atoms with van der Waals surface area (Å²) < 4.78 is 3.33. The van der Waals surface area contributed by atoms with Crippen molar-refractivity contribution in [3.05, 3.63) is 76.1 Å². The zero-order valence-electron chi connectivity index (χ0n) is 22.4. The third-order valence-corrected chi connectivity index (χ3v) is 7.58. The molecule has 12 nitrogen and oxygen atoms in total. The highest BCUT2D eigenvalue weighted by Gasteiger charge is 2.32. The highest BCUT2D eigenvalue weighted by molar-refractivity contribution is 6.14. The van der Waals surface area contributed by atoms with E-state index in [1.54, 1.807) is 29.1 Å². The maximum absolute atomic E-state index is 13.0. The molecule has 39 heavy (non-hydrogen) atoms. The number of hydrogen-bond acceptors (Lipinski definition) is 9. The number of nitrogens with two attached hydrogens (primary N) is 1. The average Bonchev–Trinajstić information content (AvgIpc) is 3.45. The Morgan fingerprint density at radius 2 is 1.82 bits per heavy atom. The number of piperazine rings is 1. The van der Waals surface area contributed by atoms with E-state index >= 15 is 0 Å². The minimum atomic E-state index is -0.847. The van der Waals surface area contributed by atoms with Crippen LogP contribution >= 0.6 is 0 Å². The number of aliphatic hydroxyl groups is 1. The third-order valence-electron chi connectivity index (χ3n) is 7.58. The van der Waals surface area contributed by atoms with E-state index in [9.17, 15) is 9.90 Å². The third kappa shape index (κ3) is 4.60. The lowest BCUT2D eigenvalue weighted by Gasteiger charge is -2.36. The Hall–Kier alpha value is -4.00. The van der Waals surface area contributed by atoms with Gasteiger partial charge in [-0.1, -0.05) is 18.2 Å². The summed E-state index contributed by atoms with van der Waals surface area (Å²) in [6, 6.07) is 13.8. The van der Waals surface area contributed by atoms with Gasteiger partial charge in [0.1, 0.15) is 17.6 Å². The van der Waals surface area contributed by atoms with Crippen molar-refractivity contribution in [1.29, 1.82) is 0 Å². The molecule has 4 N–H and O–H groups in total. The van der Waals surface area contributed by atoms with Crippen LogP contribution in [0.3, 0.4) is 0 Å². The summed E-state index contributed by atoms with van der Waals surface area (Å²) in [5.74, 6) is 7.39. The molecule has 0 amide bonds. The Kier molecular flexibility index (Phi) is 6.25. The second kappa shape index (κ2) is 9.63. The molecule has 0 bridgehead atoms. The van der Waals surface area contributed by atoms with Crippen molar-refractivity contribution in [3.8, 4) is 0 Å². The Labute approximate surface area is 226 Å². The van der Waals surface area contributed by atoms with Crippen LogP contribution in [-0.2, 0) is 12.1 Å². The van der Waals surface area contributed by atoms with E-state index in [1.807, 2.05) is 37.3 Å². The van der Waals surface area contributed by atoms with Gasteiger partial charge in [-0.15, -0.1) is 0 Å². The molecule has 5 heterocycles.